The van der Waals surface area contributed by atoms with Crippen LogP contribution in [0.5, 0.6) is 0 Å². The predicted octanol–water partition coefficient (Wildman–Crippen LogP) is 2.87. The summed E-state index contributed by atoms with van der Waals surface area (Å²) in [6, 6.07) is 12.1. The summed E-state index contributed by atoms with van der Waals surface area (Å²) in [5.74, 6) is -0.161. The highest BCUT2D eigenvalue weighted by atomic mass is 32.2. The van der Waals surface area contributed by atoms with Crippen LogP contribution in [0.15, 0.2) is 58.4 Å². The van der Waals surface area contributed by atoms with E-state index in [1.54, 1.807) is 24.3 Å². The van der Waals surface area contributed by atoms with E-state index < -0.39 is 10.0 Å². The molecule has 2 aromatic rings. The van der Waals surface area contributed by atoms with E-state index in [0.717, 1.165) is 12.0 Å². The van der Waals surface area contributed by atoms with Crippen molar-refractivity contribution in [1.29, 1.82) is 0 Å². The summed E-state index contributed by atoms with van der Waals surface area (Å²) >= 11 is 0. The summed E-state index contributed by atoms with van der Waals surface area (Å²) in [6.45, 7) is 0.624. The third kappa shape index (κ3) is 5.37. The maximum absolute atomic E-state index is 13.2. The van der Waals surface area contributed by atoms with Crippen molar-refractivity contribution in [3.63, 3.8) is 0 Å². The Hall–Kier alpha value is -2.74. The molecule has 0 aliphatic carbocycles. The van der Waals surface area contributed by atoms with Gasteiger partial charge in [-0.15, -0.1) is 0 Å². The van der Waals surface area contributed by atoms with Gasteiger partial charge in [0.1, 0.15) is 11.7 Å². The third-order valence-corrected chi connectivity index (χ3v) is 5.46. The average Bonchev–Trinajstić information content (AvgIpc) is 3.13. The second-order valence-corrected chi connectivity index (χ2v) is 7.93. The molecule has 142 valence electrons. The van der Waals surface area contributed by atoms with E-state index in [0.29, 0.717) is 30.9 Å². The Morgan fingerprint density at radius 2 is 1.96 bits per heavy atom. The van der Waals surface area contributed by atoms with Gasteiger partial charge >= 0.3 is 0 Å². The molecule has 1 aliphatic rings. The number of amides is 1. The van der Waals surface area contributed by atoms with Crippen molar-refractivity contribution in [3.8, 4) is 0 Å². The standard InChI is InChI=1S/C19H20FN3O3S/c20-15-5-1-4-14(12-15)9-10-19(24)22-16-6-2-7-17(13-16)27(25,26)23-18-8-3-11-21-18/h1-2,4-7,12-13H,3,8-11H2,(H,21,23)(H,22,24). The highest BCUT2D eigenvalue weighted by Crippen LogP contribution is 2.17. The number of carbonyl (C=O) groups excluding carboxylic acids is 1. The summed E-state index contributed by atoms with van der Waals surface area (Å²) in [7, 11) is -3.74. The van der Waals surface area contributed by atoms with Crippen LogP contribution in [-0.4, -0.2) is 26.7 Å². The van der Waals surface area contributed by atoms with Gasteiger partial charge < -0.3 is 5.32 Å². The van der Waals surface area contributed by atoms with Crippen LogP contribution in [0.4, 0.5) is 10.1 Å². The van der Waals surface area contributed by atoms with Gasteiger partial charge in [0, 0.05) is 25.1 Å². The first kappa shape index (κ1) is 19.0. The van der Waals surface area contributed by atoms with E-state index in [1.807, 2.05) is 0 Å². The fourth-order valence-electron chi connectivity index (χ4n) is 2.75. The van der Waals surface area contributed by atoms with Crippen molar-refractivity contribution in [3.05, 3.63) is 59.9 Å². The lowest BCUT2D eigenvalue weighted by molar-refractivity contribution is -0.116. The van der Waals surface area contributed by atoms with E-state index in [9.17, 15) is 17.6 Å². The van der Waals surface area contributed by atoms with Gasteiger partial charge in [-0.25, -0.2) is 12.8 Å². The van der Waals surface area contributed by atoms with Crippen LogP contribution in [0, 0.1) is 5.82 Å². The third-order valence-electron chi connectivity index (χ3n) is 4.08. The van der Waals surface area contributed by atoms with Crippen molar-refractivity contribution in [2.75, 3.05) is 11.9 Å². The lowest BCUT2D eigenvalue weighted by atomic mass is 10.1. The number of anilines is 1. The number of hydrogen-bond donors (Lipinski definition) is 2. The Kier molecular flexibility index (Phi) is 5.85. The quantitative estimate of drug-likeness (QED) is 0.796. The molecule has 2 aromatic carbocycles. The van der Waals surface area contributed by atoms with Crippen molar-refractivity contribution >= 4 is 27.5 Å². The van der Waals surface area contributed by atoms with Crippen molar-refractivity contribution in [2.24, 2.45) is 4.99 Å². The fourth-order valence-corrected chi connectivity index (χ4v) is 3.89. The molecule has 0 aromatic heterocycles. The summed E-state index contributed by atoms with van der Waals surface area (Å²) in [5, 5.41) is 2.68. The summed E-state index contributed by atoms with van der Waals surface area (Å²) in [4.78, 5) is 16.3. The molecule has 0 bridgehead atoms. The zero-order valence-corrected chi connectivity index (χ0v) is 15.4. The molecule has 2 N–H and O–H groups in total. The minimum Gasteiger partial charge on any atom is -0.326 e. The van der Waals surface area contributed by atoms with Crippen LogP contribution < -0.4 is 10.0 Å². The molecular weight excluding hydrogens is 369 g/mol. The Bertz CT molecular complexity index is 974. The van der Waals surface area contributed by atoms with Crippen molar-refractivity contribution in [1.82, 2.24) is 4.72 Å². The molecule has 27 heavy (non-hydrogen) atoms. The molecule has 6 nitrogen and oxygen atoms in total. The Morgan fingerprint density at radius 1 is 1.15 bits per heavy atom. The van der Waals surface area contributed by atoms with Crippen LogP contribution in [0.3, 0.4) is 0 Å². The Labute approximate surface area is 157 Å². The summed E-state index contributed by atoms with van der Waals surface area (Å²) in [6.07, 6.45) is 1.99. The normalized spacial score (nSPS) is 13.9. The van der Waals surface area contributed by atoms with Gasteiger partial charge in [0.25, 0.3) is 10.0 Å². The molecule has 1 aliphatic heterocycles. The maximum Gasteiger partial charge on any atom is 0.262 e. The van der Waals surface area contributed by atoms with Gasteiger partial charge in [-0.3, -0.25) is 14.5 Å². The number of sulfonamides is 1. The van der Waals surface area contributed by atoms with E-state index in [1.165, 1.54) is 24.3 Å². The number of halogens is 1. The highest BCUT2D eigenvalue weighted by molar-refractivity contribution is 7.90. The molecule has 0 spiro atoms. The molecule has 1 amide bonds. The summed E-state index contributed by atoms with van der Waals surface area (Å²) < 4.78 is 40.5. The molecule has 3 rings (SSSR count). The number of carbonyl (C=O) groups is 1. The number of rotatable bonds is 6. The van der Waals surface area contributed by atoms with Crippen LogP contribution in [-0.2, 0) is 21.2 Å². The second-order valence-electron chi connectivity index (χ2n) is 6.24. The Balaban J connectivity index is 1.62. The first-order valence-electron chi connectivity index (χ1n) is 8.63. The maximum atomic E-state index is 13.2. The van der Waals surface area contributed by atoms with E-state index >= 15 is 0 Å². The topological polar surface area (TPSA) is 87.6 Å². The van der Waals surface area contributed by atoms with Crippen LogP contribution in [0.2, 0.25) is 0 Å². The molecular formula is C19H20FN3O3S. The number of amidine groups is 1. The van der Waals surface area contributed by atoms with Gasteiger partial charge in [0.05, 0.1) is 4.90 Å². The first-order chi connectivity index (χ1) is 12.9. The lowest BCUT2D eigenvalue weighted by Crippen LogP contribution is -2.29. The second kappa shape index (κ2) is 8.30. The minimum atomic E-state index is -3.74. The van der Waals surface area contributed by atoms with Crippen LogP contribution >= 0.6 is 0 Å². The summed E-state index contributed by atoms with van der Waals surface area (Å²) in [5.41, 5.74) is 1.11. The first-order valence-corrected chi connectivity index (χ1v) is 10.1. The SMILES string of the molecule is O=C(CCc1cccc(F)c1)Nc1cccc(S(=O)(=O)NC2=NCCC2)c1. The predicted molar refractivity (Wildman–Crippen MR) is 102 cm³/mol. The molecule has 0 radical (unpaired) electrons. The van der Waals surface area contributed by atoms with Crippen molar-refractivity contribution < 1.29 is 17.6 Å². The molecule has 8 heteroatoms. The molecule has 1 heterocycles. The molecule has 0 saturated heterocycles. The number of hydrogen-bond acceptors (Lipinski definition) is 4. The van der Waals surface area contributed by atoms with Gasteiger partial charge in [-0.1, -0.05) is 18.2 Å². The zero-order valence-electron chi connectivity index (χ0n) is 14.6. The minimum absolute atomic E-state index is 0.0556. The highest BCUT2D eigenvalue weighted by Gasteiger charge is 2.18. The molecule has 0 fully saturated rings. The van der Waals surface area contributed by atoms with E-state index in [-0.39, 0.29) is 23.0 Å². The lowest BCUT2D eigenvalue weighted by Gasteiger charge is -2.10. The van der Waals surface area contributed by atoms with Gasteiger partial charge in [0.2, 0.25) is 5.91 Å². The van der Waals surface area contributed by atoms with E-state index in [2.05, 4.69) is 15.0 Å². The number of benzene rings is 2. The smallest absolute Gasteiger partial charge is 0.262 e. The fraction of sp³-hybridized carbons (Fsp3) is 0.263. The largest absolute Gasteiger partial charge is 0.326 e. The molecule has 0 atom stereocenters. The van der Waals surface area contributed by atoms with Gasteiger partial charge in [-0.2, -0.15) is 0 Å². The molecule has 0 saturated carbocycles. The van der Waals surface area contributed by atoms with Crippen LogP contribution in [0.25, 0.3) is 0 Å². The van der Waals surface area contributed by atoms with Crippen LogP contribution in [0.1, 0.15) is 24.8 Å². The van der Waals surface area contributed by atoms with E-state index in [4.69, 9.17) is 0 Å². The number of nitrogens with zero attached hydrogens (tertiary/aromatic N) is 1. The number of aryl methyl sites for hydroxylation is 1. The Morgan fingerprint density at radius 3 is 2.70 bits per heavy atom. The number of nitrogens with one attached hydrogen (secondary N) is 2. The monoisotopic (exact) mass is 389 g/mol. The zero-order chi connectivity index (χ0) is 19.3. The van der Waals surface area contributed by atoms with Gasteiger partial charge in [0.15, 0.2) is 0 Å². The molecule has 0 unspecified atom stereocenters. The van der Waals surface area contributed by atoms with Gasteiger partial charge in [-0.05, 0) is 48.7 Å². The average molecular weight is 389 g/mol. The van der Waals surface area contributed by atoms with Crippen molar-refractivity contribution in [2.45, 2.75) is 30.6 Å². The number of aliphatic imine (C=N–C) groups is 1.